The lowest BCUT2D eigenvalue weighted by molar-refractivity contribution is -0.135. The van der Waals surface area contributed by atoms with E-state index < -0.39 is 11.9 Å². The minimum atomic E-state index is -1.07. The predicted molar refractivity (Wildman–Crippen MR) is 100 cm³/mol. The van der Waals surface area contributed by atoms with Crippen LogP contribution in [0.4, 0.5) is 5.69 Å². The molecule has 1 N–H and O–H groups in total. The lowest BCUT2D eigenvalue weighted by Crippen LogP contribution is -2.34. The Balaban J connectivity index is 1.66. The second-order valence-electron chi connectivity index (χ2n) is 6.79. The number of methoxy groups -OCH3 is 1. The number of carboxylic acid groups (broad SMARTS) is 1. The van der Waals surface area contributed by atoms with Gasteiger partial charge in [0.1, 0.15) is 22.8 Å². The summed E-state index contributed by atoms with van der Waals surface area (Å²) in [4.78, 5) is 39.3. The summed E-state index contributed by atoms with van der Waals surface area (Å²) in [5.74, 6) is -0.453. The molecule has 0 bridgehead atoms. The molecule has 28 heavy (non-hydrogen) atoms. The molecule has 1 aliphatic heterocycles. The third-order valence-corrected chi connectivity index (χ3v) is 4.83. The summed E-state index contributed by atoms with van der Waals surface area (Å²) < 4.78 is 10.5. The zero-order chi connectivity index (χ0) is 20.4. The van der Waals surface area contributed by atoms with Crippen LogP contribution in [0.5, 0.6) is 5.75 Å². The molecule has 2 amide bonds. The van der Waals surface area contributed by atoms with Gasteiger partial charge in [-0.1, -0.05) is 0 Å². The van der Waals surface area contributed by atoms with Crippen LogP contribution in [0.15, 0.2) is 34.7 Å². The van der Waals surface area contributed by atoms with Crippen LogP contribution < -0.4 is 9.64 Å². The number of anilines is 1. The fraction of sp³-hybridized carbons (Fsp3) is 0.350. The minimum Gasteiger partial charge on any atom is -0.497 e. The van der Waals surface area contributed by atoms with E-state index in [2.05, 4.69) is 0 Å². The van der Waals surface area contributed by atoms with Gasteiger partial charge in [-0.2, -0.15) is 0 Å². The Bertz CT molecular complexity index is 902. The molecule has 2 aromatic rings. The van der Waals surface area contributed by atoms with Gasteiger partial charge in [-0.15, -0.1) is 0 Å². The maximum atomic E-state index is 12.8. The number of aryl methyl sites for hydroxylation is 1. The normalized spacial score (nSPS) is 16.3. The summed E-state index contributed by atoms with van der Waals surface area (Å²) in [5, 5.41) is 9.10. The van der Waals surface area contributed by atoms with E-state index in [0.717, 1.165) is 5.69 Å². The lowest BCUT2D eigenvalue weighted by atomic mass is 10.1. The Morgan fingerprint density at radius 3 is 2.57 bits per heavy atom. The van der Waals surface area contributed by atoms with Crippen LogP contribution in [0.2, 0.25) is 0 Å². The van der Waals surface area contributed by atoms with Crippen LogP contribution in [0.3, 0.4) is 0 Å². The number of nitrogens with zero attached hydrogens (tertiary/aromatic N) is 2. The molecule has 148 valence electrons. The third kappa shape index (κ3) is 3.85. The molecule has 3 rings (SSSR count). The van der Waals surface area contributed by atoms with Gasteiger partial charge >= 0.3 is 5.97 Å². The van der Waals surface area contributed by atoms with Gasteiger partial charge in [0, 0.05) is 25.7 Å². The van der Waals surface area contributed by atoms with E-state index in [0.29, 0.717) is 23.8 Å². The first-order valence-corrected chi connectivity index (χ1v) is 8.82. The third-order valence-electron chi connectivity index (χ3n) is 4.83. The largest absolute Gasteiger partial charge is 0.497 e. The maximum Gasteiger partial charge on any atom is 0.339 e. The average Bonchev–Trinajstić information content (AvgIpc) is 3.23. The first kappa shape index (κ1) is 19.5. The van der Waals surface area contributed by atoms with Crippen molar-refractivity contribution < 1.29 is 28.6 Å². The van der Waals surface area contributed by atoms with Gasteiger partial charge in [-0.3, -0.25) is 9.59 Å². The van der Waals surface area contributed by atoms with Crippen LogP contribution in [0, 0.1) is 12.8 Å². The summed E-state index contributed by atoms with van der Waals surface area (Å²) in [7, 11) is 3.18. The van der Waals surface area contributed by atoms with Crippen LogP contribution in [-0.4, -0.2) is 48.5 Å². The molecule has 1 aromatic carbocycles. The summed E-state index contributed by atoms with van der Waals surface area (Å²) >= 11 is 0. The number of hydrogen-bond donors (Lipinski definition) is 1. The topological polar surface area (TPSA) is 100 Å². The fourth-order valence-electron chi connectivity index (χ4n) is 3.34. The molecule has 8 heteroatoms. The molecule has 1 saturated heterocycles. The van der Waals surface area contributed by atoms with E-state index in [-0.39, 0.29) is 30.3 Å². The SMILES string of the molecule is COc1ccc(N2C[C@@H](C(=O)N(C)Cc3cc(C(=O)O)c(C)o3)CC2=O)cc1. The van der Waals surface area contributed by atoms with Crippen LogP contribution in [0.1, 0.15) is 28.3 Å². The number of amides is 2. The molecule has 0 radical (unpaired) electrons. The van der Waals surface area contributed by atoms with Gasteiger partial charge in [0.15, 0.2) is 0 Å². The van der Waals surface area contributed by atoms with Gasteiger partial charge in [0.05, 0.1) is 19.6 Å². The van der Waals surface area contributed by atoms with E-state index in [1.54, 1.807) is 50.2 Å². The smallest absolute Gasteiger partial charge is 0.339 e. The van der Waals surface area contributed by atoms with Crippen molar-refractivity contribution in [2.45, 2.75) is 19.9 Å². The standard InChI is InChI=1S/C20H22N2O6/c1-12-17(20(25)26)9-16(28-12)11-21(2)19(24)13-8-18(23)22(10-13)14-4-6-15(27-3)7-5-14/h4-7,9,13H,8,10-11H2,1-3H3,(H,25,26)/t13-/m0/s1. The van der Waals surface area contributed by atoms with Crippen molar-refractivity contribution in [1.29, 1.82) is 0 Å². The number of ether oxygens (including phenoxy) is 1. The van der Waals surface area contributed by atoms with Crippen molar-refractivity contribution in [2.75, 3.05) is 25.6 Å². The van der Waals surface area contributed by atoms with Crippen LogP contribution >= 0.6 is 0 Å². The van der Waals surface area contributed by atoms with E-state index in [1.165, 1.54) is 11.0 Å². The first-order chi connectivity index (χ1) is 13.3. The van der Waals surface area contributed by atoms with E-state index in [1.807, 2.05) is 0 Å². The van der Waals surface area contributed by atoms with Crippen LogP contribution in [0.25, 0.3) is 0 Å². The Morgan fingerprint density at radius 1 is 1.32 bits per heavy atom. The second kappa shape index (κ2) is 7.75. The van der Waals surface area contributed by atoms with E-state index in [9.17, 15) is 14.4 Å². The molecule has 1 aliphatic rings. The number of aromatic carboxylic acids is 1. The van der Waals surface area contributed by atoms with Gasteiger partial charge in [-0.25, -0.2) is 4.79 Å². The number of hydrogen-bond acceptors (Lipinski definition) is 5. The Morgan fingerprint density at radius 2 is 2.00 bits per heavy atom. The maximum absolute atomic E-state index is 12.8. The van der Waals surface area contributed by atoms with Crippen molar-refractivity contribution in [3.63, 3.8) is 0 Å². The predicted octanol–water partition coefficient (Wildman–Crippen LogP) is 2.31. The quantitative estimate of drug-likeness (QED) is 0.818. The molecule has 1 fully saturated rings. The molecule has 0 unspecified atom stereocenters. The lowest BCUT2D eigenvalue weighted by Gasteiger charge is -2.21. The van der Waals surface area contributed by atoms with Crippen molar-refractivity contribution in [2.24, 2.45) is 5.92 Å². The van der Waals surface area contributed by atoms with Crippen LogP contribution in [-0.2, 0) is 16.1 Å². The van der Waals surface area contributed by atoms with E-state index in [4.69, 9.17) is 14.3 Å². The molecule has 0 saturated carbocycles. The van der Waals surface area contributed by atoms with E-state index >= 15 is 0 Å². The van der Waals surface area contributed by atoms with Gasteiger partial charge in [0.2, 0.25) is 11.8 Å². The number of benzene rings is 1. The summed E-state index contributed by atoms with van der Waals surface area (Å²) in [6.45, 7) is 2.00. The molecule has 2 heterocycles. The highest BCUT2D eigenvalue weighted by Crippen LogP contribution is 2.28. The Hall–Kier alpha value is -3.29. The van der Waals surface area contributed by atoms with Gasteiger partial charge < -0.3 is 24.1 Å². The van der Waals surface area contributed by atoms with Crippen molar-refractivity contribution in [3.8, 4) is 5.75 Å². The molecule has 1 atom stereocenters. The first-order valence-electron chi connectivity index (χ1n) is 8.82. The number of carboxylic acids is 1. The Kier molecular flexibility index (Phi) is 5.39. The monoisotopic (exact) mass is 386 g/mol. The number of rotatable bonds is 6. The van der Waals surface area contributed by atoms with Crippen molar-refractivity contribution in [1.82, 2.24) is 4.90 Å². The number of carbonyl (C=O) groups is 3. The zero-order valence-electron chi connectivity index (χ0n) is 16.0. The summed E-state index contributed by atoms with van der Waals surface area (Å²) in [6, 6.07) is 8.52. The molecule has 0 spiro atoms. The summed E-state index contributed by atoms with van der Waals surface area (Å²) in [6.07, 6.45) is 0.132. The molecular weight excluding hydrogens is 364 g/mol. The highest BCUT2D eigenvalue weighted by atomic mass is 16.5. The summed E-state index contributed by atoms with van der Waals surface area (Å²) in [5.41, 5.74) is 0.800. The minimum absolute atomic E-state index is 0.0811. The number of carbonyl (C=O) groups excluding carboxylic acids is 2. The highest BCUT2D eigenvalue weighted by Gasteiger charge is 2.36. The zero-order valence-corrected chi connectivity index (χ0v) is 16.0. The van der Waals surface area contributed by atoms with Gasteiger partial charge in [0.25, 0.3) is 0 Å². The van der Waals surface area contributed by atoms with Crippen molar-refractivity contribution >= 4 is 23.5 Å². The van der Waals surface area contributed by atoms with Gasteiger partial charge in [-0.05, 0) is 37.3 Å². The second-order valence-corrected chi connectivity index (χ2v) is 6.79. The van der Waals surface area contributed by atoms with Crippen molar-refractivity contribution in [3.05, 3.63) is 47.4 Å². The number of furan rings is 1. The fourth-order valence-corrected chi connectivity index (χ4v) is 3.34. The molecule has 1 aromatic heterocycles. The average molecular weight is 386 g/mol. The molecule has 0 aliphatic carbocycles. The Labute approximate surface area is 162 Å². The molecule has 8 nitrogen and oxygen atoms in total. The molecular formula is C20H22N2O6. The highest BCUT2D eigenvalue weighted by molar-refractivity contribution is 6.00.